The minimum Gasteiger partial charge on any atom is -0.492 e. The number of benzene rings is 1. The largest absolute Gasteiger partial charge is 0.492 e. The van der Waals surface area contributed by atoms with Gasteiger partial charge in [-0.2, -0.15) is 0 Å². The molecule has 1 aliphatic heterocycles. The van der Waals surface area contributed by atoms with Crippen molar-refractivity contribution >= 4 is 11.6 Å². The van der Waals surface area contributed by atoms with Crippen molar-refractivity contribution in [3.63, 3.8) is 0 Å². The van der Waals surface area contributed by atoms with E-state index in [1.165, 1.54) is 6.42 Å². The number of nitrogens with zero attached hydrogens (tertiary/aromatic N) is 1. The Morgan fingerprint density at radius 2 is 2.00 bits per heavy atom. The highest BCUT2D eigenvalue weighted by Crippen LogP contribution is 2.26. The van der Waals surface area contributed by atoms with Crippen LogP contribution in [0.2, 0.25) is 0 Å². The molecular weight excluding hydrogens is 252 g/mol. The van der Waals surface area contributed by atoms with Crippen LogP contribution in [0.25, 0.3) is 0 Å². The lowest BCUT2D eigenvalue weighted by molar-refractivity contribution is 0.0623. The minimum atomic E-state index is 0.0677. The lowest BCUT2D eigenvalue weighted by Crippen LogP contribution is -2.42. The summed E-state index contributed by atoms with van der Waals surface area (Å²) < 4.78 is 5.40. The van der Waals surface area contributed by atoms with Gasteiger partial charge in [-0.1, -0.05) is 13.8 Å². The maximum absolute atomic E-state index is 12.5. The standard InChI is InChI=1S/C16H24N2O2/c1-4-20-15-6-5-13(8-14(15)17)16(19)18-9-11(2)7-12(3)10-18/h5-6,8,11-12H,4,7,9-10,17H2,1-3H3/t11-,12-/m1/s1. The predicted molar refractivity (Wildman–Crippen MR) is 80.9 cm³/mol. The van der Waals surface area contributed by atoms with E-state index < -0.39 is 0 Å². The first-order valence-corrected chi connectivity index (χ1v) is 7.32. The van der Waals surface area contributed by atoms with Gasteiger partial charge in [0.2, 0.25) is 0 Å². The van der Waals surface area contributed by atoms with E-state index >= 15 is 0 Å². The second-order valence-corrected chi connectivity index (χ2v) is 5.84. The Balaban J connectivity index is 2.14. The molecule has 1 heterocycles. The molecule has 2 rings (SSSR count). The summed E-state index contributed by atoms with van der Waals surface area (Å²) in [6, 6.07) is 5.30. The van der Waals surface area contributed by atoms with E-state index in [1.807, 2.05) is 11.8 Å². The Morgan fingerprint density at radius 1 is 1.35 bits per heavy atom. The maximum Gasteiger partial charge on any atom is 0.253 e. The highest BCUT2D eigenvalue weighted by Gasteiger charge is 2.26. The van der Waals surface area contributed by atoms with Gasteiger partial charge >= 0.3 is 0 Å². The van der Waals surface area contributed by atoms with Gasteiger partial charge < -0.3 is 15.4 Å². The van der Waals surface area contributed by atoms with Gasteiger partial charge in [0.15, 0.2) is 0 Å². The van der Waals surface area contributed by atoms with Crippen molar-refractivity contribution in [2.24, 2.45) is 11.8 Å². The van der Waals surface area contributed by atoms with Crippen molar-refractivity contribution in [2.75, 3.05) is 25.4 Å². The Morgan fingerprint density at radius 3 is 2.55 bits per heavy atom. The van der Waals surface area contributed by atoms with Gasteiger partial charge in [-0.05, 0) is 43.4 Å². The molecule has 20 heavy (non-hydrogen) atoms. The first-order chi connectivity index (χ1) is 9.51. The fraction of sp³-hybridized carbons (Fsp3) is 0.562. The van der Waals surface area contributed by atoms with Crippen molar-refractivity contribution in [2.45, 2.75) is 27.2 Å². The van der Waals surface area contributed by atoms with Gasteiger partial charge in [0.05, 0.1) is 12.3 Å². The maximum atomic E-state index is 12.5. The molecule has 4 nitrogen and oxygen atoms in total. The second-order valence-electron chi connectivity index (χ2n) is 5.84. The Kier molecular flexibility index (Phi) is 4.53. The number of rotatable bonds is 3. The molecule has 0 saturated carbocycles. The molecule has 1 aromatic rings. The van der Waals surface area contributed by atoms with E-state index in [0.29, 0.717) is 35.4 Å². The molecule has 1 aliphatic rings. The molecule has 1 saturated heterocycles. The second kappa shape index (κ2) is 6.16. The molecule has 0 aromatic heterocycles. The van der Waals surface area contributed by atoms with E-state index in [9.17, 15) is 4.79 Å². The number of carbonyl (C=O) groups is 1. The van der Waals surface area contributed by atoms with E-state index in [0.717, 1.165) is 13.1 Å². The fourth-order valence-corrected chi connectivity index (χ4v) is 2.98. The summed E-state index contributed by atoms with van der Waals surface area (Å²) in [6.07, 6.45) is 1.19. The highest BCUT2D eigenvalue weighted by atomic mass is 16.5. The molecular formula is C16H24N2O2. The summed E-state index contributed by atoms with van der Waals surface area (Å²) in [4.78, 5) is 14.5. The Hall–Kier alpha value is -1.71. The molecule has 2 atom stereocenters. The van der Waals surface area contributed by atoms with Gasteiger partial charge in [-0.3, -0.25) is 4.79 Å². The van der Waals surface area contributed by atoms with Crippen LogP contribution in [0.3, 0.4) is 0 Å². The number of amides is 1. The van der Waals surface area contributed by atoms with Crippen LogP contribution in [-0.4, -0.2) is 30.5 Å². The molecule has 0 radical (unpaired) electrons. The van der Waals surface area contributed by atoms with Crippen molar-refractivity contribution in [3.8, 4) is 5.75 Å². The minimum absolute atomic E-state index is 0.0677. The highest BCUT2D eigenvalue weighted by molar-refractivity contribution is 5.95. The molecule has 0 spiro atoms. The van der Waals surface area contributed by atoms with Crippen LogP contribution in [0.15, 0.2) is 18.2 Å². The predicted octanol–water partition coefficient (Wildman–Crippen LogP) is 2.79. The number of hydrogen-bond acceptors (Lipinski definition) is 3. The van der Waals surface area contributed by atoms with E-state index in [-0.39, 0.29) is 5.91 Å². The van der Waals surface area contributed by atoms with Crippen molar-refractivity contribution in [1.29, 1.82) is 0 Å². The number of likely N-dealkylation sites (tertiary alicyclic amines) is 1. The lowest BCUT2D eigenvalue weighted by Gasteiger charge is -2.35. The Labute approximate surface area is 120 Å². The fourth-order valence-electron chi connectivity index (χ4n) is 2.98. The van der Waals surface area contributed by atoms with Gasteiger partial charge in [-0.25, -0.2) is 0 Å². The van der Waals surface area contributed by atoms with E-state index in [2.05, 4.69) is 13.8 Å². The smallest absolute Gasteiger partial charge is 0.253 e. The number of nitrogens with two attached hydrogens (primary N) is 1. The van der Waals surface area contributed by atoms with E-state index in [4.69, 9.17) is 10.5 Å². The van der Waals surface area contributed by atoms with Crippen LogP contribution < -0.4 is 10.5 Å². The third kappa shape index (κ3) is 3.24. The van der Waals surface area contributed by atoms with Crippen molar-refractivity contribution < 1.29 is 9.53 Å². The summed E-state index contributed by atoms with van der Waals surface area (Å²) in [5, 5.41) is 0. The van der Waals surface area contributed by atoms with Crippen molar-refractivity contribution in [1.82, 2.24) is 4.90 Å². The van der Waals surface area contributed by atoms with Gasteiger partial charge in [0.1, 0.15) is 5.75 Å². The number of ether oxygens (including phenoxy) is 1. The van der Waals surface area contributed by atoms with Gasteiger partial charge in [0, 0.05) is 18.7 Å². The molecule has 0 aliphatic carbocycles. The summed E-state index contributed by atoms with van der Waals surface area (Å²) >= 11 is 0. The van der Waals surface area contributed by atoms with E-state index in [1.54, 1.807) is 18.2 Å². The van der Waals surface area contributed by atoms with Crippen LogP contribution in [0, 0.1) is 11.8 Å². The molecule has 4 heteroatoms. The first kappa shape index (κ1) is 14.7. The molecule has 110 valence electrons. The van der Waals surface area contributed by atoms with Crippen LogP contribution in [0.5, 0.6) is 5.75 Å². The zero-order valence-electron chi connectivity index (χ0n) is 12.6. The lowest BCUT2D eigenvalue weighted by atomic mass is 9.91. The number of nitrogen functional groups attached to an aromatic ring is 1. The van der Waals surface area contributed by atoms with Crippen molar-refractivity contribution in [3.05, 3.63) is 23.8 Å². The summed E-state index contributed by atoms with van der Waals surface area (Å²) in [5.74, 6) is 1.83. The van der Waals surface area contributed by atoms with Crippen LogP contribution in [0.4, 0.5) is 5.69 Å². The third-order valence-corrected chi connectivity index (χ3v) is 3.71. The molecule has 0 unspecified atom stereocenters. The topological polar surface area (TPSA) is 55.6 Å². The zero-order valence-corrected chi connectivity index (χ0v) is 12.6. The van der Waals surface area contributed by atoms with Crippen LogP contribution >= 0.6 is 0 Å². The molecule has 0 bridgehead atoms. The van der Waals surface area contributed by atoms with Crippen LogP contribution in [0.1, 0.15) is 37.6 Å². The third-order valence-electron chi connectivity index (χ3n) is 3.71. The van der Waals surface area contributed by atoms with Crippen LogP contribution in [-0.2, 0) is 0 Å². The first-order valence-electron chi connectivity index (χ1n) is 7.32. The summed E-state index contributed by atoms with van der Waals surface area (Å²) in [6.45, 7) is 8.53. The molecule has 2 N–H and O–H groups in total. The molecule has 1 amide bonds. The number of piperidine rings is 1. The number of hydrogen-bond donors (Lipinski definition) is 1. The number of anilines is 1. The van der Waals surface area contributed by atoms with Gasteiger partial charge in [0.25, 0.3) is 5.91 Å². The molecule has 1 fully saturated rings. The summed E-state index contributed by atoms with van der Waals surface area (Å²) in [7, 11) is 0. The average molecular weight is 276 g/mol. The average Bonchev–Trinajstić information content (AvgIpc) is 2.39. The zero-order chi connectivity index (χ0) is 14.7. The van der Waals surface area contributed by atoms with Gasteiger partial charge in [-0.15, -0.1) is 0 Å². The SMILES string of the molecule is CCOc1ccc(C(=O)N2C[C@H](C)C[C@@H](C)C2)cc1N. The molecule has 1 aromatic carbocycles. The normalized spacial score (nSPS) is 22.6. The number of carbonyl (C=O) groups excluding carboxylic acids is 1. The monoisotopic (exact) mass is 276 g/mol. The quantitative estimate of drug-likeness (QED) is 0.864. The summed E-state index contributed by atoms with van der Waals surface area (Å²) in [5.41, 5.74) is 7.10. The Bertz CT molecular complexity index is 477.